The van der Waals surface area contributed by atoms with Gasteiger partial charge in [0.05, 0.1) is 17.1 Å². The molecule has 2 rings (SSSR count). The number of hydrogen-bond acceptors (Lipinski definition) is 3. The topological polar surface area (TPSA) is 55.4 Å². The summed E-state index contributed by atoms with van der Waals surface area (Å²) in [7, 11) is 0. The van der Waals surface area contributed by atoms with E-state index in [-0.39, 0.29) is 11.9 Å². The molecule has 1 aromatic rings. The normalized spacial score (nSPS) is 18.0. The Labute approximate surface area is 139 Å². The van der Waals surface area contributed by atoms with Gasteiger partial charge in [0.15, 0.2) is 6.10 Å². The van der Waals surface area contributed by atoms with Gasteiger partial charge in [-0.3, -0.25) is 9.59 Å². The molecule has 4 nitrogen and oxygen atoms in total. The molecule has 0 saturated heterocycles. The van der Waals surface area contributed by atoms with Gasteiger partial charge in [0.25, 0.3) is 5.91 Å². The molecular formula is C16H17Cl2NO3. The summed E-state index contributed by atoms with van der Waals surface area (Å²) < 4.78 is 5.16. The average Bonchev–Trinajstić information content (AvgIpc) is 2.94. The summed E-state index contributed by atoms with van der Waals surface area (Å²) in [6.45, 7) is 1.53. The lowest BCUT2D eigenvalue weighted by molar-refractivity contribution is -0.153. The number of ether oxygens (including phenoxy) is 1. The Bertz CT molecular complexity index is 601. The molecule has 0 aromatic heterocycles. The second-order valence-electron chi connectivity index (χ2n) is 5.22. The molecule has 0 aliphatic heterocycles. The SMILES string of the molecule is C[C@H](OC(=O)C[C@@H]1C=CCC1)C(=O)Nc1ccc(Cl)cc1Cl. The van der Waals surface area contributed by atoms with Crippen molar-refractivity contribution in [3.05, 3.63) is 40.4 Å². The molecule has 22 heavy (non-hydrogen) atoms. The van der Waals surface area contributed by atoms with Crippen LogP contribution in [-0.4, -0.2) is 18.0 Å². The number of anilines is 1. The minimum Gasteiger partial charge on any atom is -0.453 e. The first kappa shape index (κ1) is 16.8. The Balaban J connectivity index is 1.85. The van der Waals surface area contributed by atoms with Crippen LogP contribution in [0.5, 0.6) is 0 Å². The molecule has 0 radical (unpaired) electrons. The van der Waals surface area contributed by atoms with Crippen molar-refractivity contribution < 1.29 is 14.3 Å². The molecule has 0 bridgehead atoms. The van der Waals surface area contributed by atoms with Gasteiger partial charge in [-0.15, -0.1) is 0 Å². The zero-order valence-electron chi connectivity index (χ0n) is 12.1. The lowest BCUT2D eigenvalue weighted by atomic mass is 10.1. The third kappa shape index (κ3) is 4.75. The van der Waals surface area contributed by atoms with Gasteiger partial charge in [0, 0.05) is 5.02 Å². The summed E-state index contributed by atoms with van der Waals surface area (Å²) in [6.07, 6.45) is 5.43. The highest BCUT2D eigenvalue weighted by Crippen LogP contribution is 2.25. The summed E-state index contributed by atoms with van der Waals surface area (Å²) in [4.78, 5) is 23.8. The zero-order valence-corrected chi connectivity index (χ0v) is 13.7. The molecule has 0 heterocycles. The average molecular weight is 342 g/mol. The molecule has 6 heteroatoms. The summed E-state index contributed by atoms with van der Waals surface area (Å²) in [5.74, 6) is -0.589. The maximum atomic E-state index is 12.0. The van der Waals surface area contributed by atoms with E-state index >= 15 is 0 Å². The predicted octanol–water partition coefficient (Wildman–Crippen LogP) is 4.22. The zero-order chi connectivity index (χ0) is 16.1. The van der Waals surface area contributed by atoms with Crippen LogP contribution >= 0.6 is 23.2 Å². The monoisotopic (exact) mass is 341 g/mol. The molecule has 1 amide bonds. The van der Waals surface area contributed by atoms with Crippen LogP contribution in [0, 0.1) is 5.92 Å². The van der Waals surface area contributed by atoms with Gasteiger partial charge >= 0.3 is 5.97 Å². The number of halogens is 2. The van der Waals surface area contributed by atoms with E-state index in [0.29, 0.717) is 22.2 Å². The van der Waals surface area contributed by atoms with Gasteiger partial charge < -0.3 is 10.1 Å². The van der Waals surface area contributed by atoms with Gasteiger partial charge in [-0.05, 0) is 43.9 Å². The van der Waals surface area contributed by atoms with Crippen LogP contribution < -0.4 is 5.32 Å². The van der Waals surface area contributed by atoms with Crippen LogP contribution in [0.15, 0.2) is 30.4 Å². The van der Waals surface area contributed by atoms with Gasteiger partial charge in [0.1, 0.15) is 0 Å². The van der Waals surface area contributed by atoms with E-state index in [1.807, 2.05) is 6.08 Å². The van der Waals surface area contributed by atoms with Gasteiger partial charge in [-0.2, -0.15) is 0 Å². The predicted molar refractivity (Wildman–Crippen MR) is 87.1 cm³/mol. The smallest absolute Gasteiger partial charge is 0.307 e. The number of hydrogen-bond donors (Lipinski definition) is 1. The summed E-state index contributed by atoms with van der Waals surface area (Å²) in [5.41, 5.74) is 0.428. The highest BCUT2D eigenvalue weighted by atomic mass is 35.5. The molecule has 1 aromatic carbocycles. The first-order valence-electron chi connectivity index (χ1n) is 7.08. The van der Waals surface area contributed by atoms with Crippen LogP contribution in [0.1, 0.15) is 26.2 Å². The number of esters is 1. The van der Waals surface area contributed by atoms with E-state index in [2.05, 4.69) is 11.4 Å². The first-order valence-corrected chi connectivity index (χ1v) is 7.83. The molecule has 2 atom stereocenters. The Morgan fingerprint density at radius 2 is 2.18 bits per heavy atom. The second kappa shape index (κ2) is 7.65. The van der Waals surface area contributed by atoms with Gasteiger partial charge in [-0.25, -0.2) is 0 Å². The second-order valence-corrected chi connectivity index (χ2v) is 6.06. The van der Waals surface area contributed by atoms with Crippen molar-refractivity contribution >= 4 is 40.8 Å². The van der Waals surface area contributed by atoms with E-state index in [0.717, 1.165) is 12.8 Å². The van der Waals surface area contributed by atoms with E-state index in [9.17, 15) is 9.59 Å². The van der Waals surface area contributed by atoms with Crippen LogP contribution in [0.4, 0.5) is 5.69 Å². The Kier molecular flexibility index (Phi) is 5.86. The summed E-state index contributed by atoms with van der Waals surface area (Å²) in [6, 6.07) is 4.74. The fraction of sp³-hybridized carbons (Fsp3) is 0.375. The van der Waals surface area contributed by atoms with Gasteiger partial charge in [0.2, 0.25) is 0 Å². The highest BCUT2D eigenvalue weighted by molar-refractivity contribution is 6.36. The van der Waals surface area contributed by atoms with E-state index in [1.165, 1.54) is 13.0 Å². The molecular weight excluding hydrogens is 325 g/mol. The van der Waals surface area contributed by atoms with Crippen molar-refractivity contribution in [2.45, 2.75) is 32.3 Å². The number of carbonyl (C=O) groups excluding carboxylic acids is 2. The lowest BCUT2D eigenvalue weighted by Crippen LogP contribution is -2.30. The Morgan fingerprint density at radius 1 is 1.41 bits per heavy atom. The Morgan fingerprint density at radius 3 is 2.82 bits per heavy atom. The van der Waals surface area contributed by atoms with E-state index in [1.54, 1.807) is 12.1 Å². The molecule has 1 aliphatic carbocycles. The first-order chi connectivity index (χ1) is 10.5. The quantitative estimate of drug-likeness (QED) is 0.644. The summed E-state index contributed by atoms with van der Waals surface area (Å²) in [5, 5.41) is 3.42. The number of allylic oxidation sites excluding steroid dienone is 2. The van der Waals surface area contributed by atoms with Crippen LogP contribution in [0.25, 0.3) is 0 Å². The number of carbonyl (C=O) groups is 2. The maximum absolute atomic E-state index is 12.0. The van der Waals surface area contributed by atoms with Crippen molar-refractivity contribution in [3.8, 4) is 0 Å². The van der Waals surface area contributed by atoms with E-state index < -0.39 is 12.0 Å². The maximum Gasteiger partial charge on any atom is 0.307 e. The lowest BCUT2D eigenvalue weighted by Gasteiger charge is -2.15. The Hall–Kier alpha value is -1.52. The number of benzene rings is 1. The van der Waals surface area contributed by atoms with Gasteiger partial charge in [-0.1, -0.05) is 35.4 Å². The van der Waals surface area contributed by atoms with Crippen molar-refractivity contribution in [2.24, 2.45) is 5.92 Å². The van der Waals surface area contributed by atoms with Crippen LogP contribution in [-0.2, 0) is 14.3 Å². The molecule has 0 unspecified atom stereocenters. The minimum atomic E-state index is -0.885. The fourth-order valence-electron chi connectivity index (χ4n) is 2.20. The van der Waals surface area contributed by atoms with Crippen LogP contribution in [0.2, 0.25) is 10.0 Å². The molecule has 1 aliphatic rings. The van der Waals surface area contributed by atoms with Crippen LogP contribution in [0.3, 0.4) is 0 Å². The third-order valence-corrected chi connectivity index (χ3v) is 3.96. The standard InChI is InChI=1S/C16H17Cl2NO3/c1-10(22-15(20)8-11-4-2-3-5-11)16(21)19-14-7-6-12(17)9-13(14)18/h2,4,6-7,9-11H,3,5,8H2,1H3,(H,19,21)/t10-,11+/m0/s1. The fourth-order valence-corrected chi connectivity index (χ4v) is 2.66. The number of rotatable bonds is 5. The van der Waals surface area contributed by atoms with Crippen molar-refractivity contribution in [1.82, 2.24) is 0 Å². The number of amides is 1. The largest absolute Gasteiger partial charge is 0.453 e. The number of nitrogens with one attached hydrogen (secondary N) is 1. The minimum absolute atomic E-state index is 0.216. The van der Waals surface area contributed by atoms with Crippen molar-refractivity contribution in [2.75, 3.05) is 5.32 Å². The highest BCUT2D eigenvalue weighted by Gasteiger charge is 2.21. The molecule has 0 spiro atoms. The molecule has 0 fully saturated rings. The molecule has 118 valence electrons. The van der Waals surface area contributed by atoms with Crippen molar-refractivity contribution in [1.29, 1.82) is 0 Å². The summed E-state index contributed by atoms with van der Waals surface area (Å²) >= 11 is 11.8. The molecule has 1 N–H and O–H groups in total. The van der Waals surface area contributed by atoms with Crippen molar-refractivity contribution in [3.63, 3.8) is 0 Å². The third-order valence-electron chi connectivity index (χ3n) is 3.41. The van der Waals surface area contributed by atoms with E-state index in [4.69, 9.17) is 27.9 Å². The molecule has 0 saturated carbocycles.